The number of pyridine rings is 1. The Labute approximate surface area is 106 Å². The van der Waals surface area contributed by atoms with Crippen LogP contribution in [-0.4, -0.2) is 20.7 Å². The zero-order chi connectivity index (χ0) is 13.1. The lowest BCUT2D eigenvalue weighted by Crippen LogP contribution is -2.35. The molecule has 0 saturated heterocycles. The highest BCUT2D eigenvalue weighted by molar-refractivity contribution is 7.71. The molecule has 1 saturated carbocycles. The lowest BCUT2D eigenvalue weighted by atomic mass is 10.2. The third-order valence-corrected chi connectivity index (χ3v) is 3.75. The summed E-state index contributed by atoms with van der Waals surface area (Å²) in [5, 5.41) is 0. The molecule has 0 aliphatic heterocycles. The van der Waals surface area contributed by atoms with Gasteiger partial charge in [0, 0.05) is 6.20 Å². The Bertz CT molecular complexity index is 679. The molecule has 0 spiro atoms. The average Bonchev–Trinajstić information content (AvgIpc) is 2.98. The zero-order valence-electron chi connectivity index (χ0n) is 9.51. The molecular formula is C11H10F3N3S. The van der Waals surface area contributed by atoms with Gasteiger partial charge in [0.25, 0.3) is 0 Å². The number of aromatic nitrogens is 3. The molecule has 2 heterocycles. The molecule has 1 aliphatic rings. The predicted octanol–water partition coefficient (Wildman–Crippen LogP) is 3.45. The van der Waals surface area contributed by atoms with Crippen LogP contribution in [0.15, 0.2) is 12.3 Å². The molecule has 0 atom stereocenters. The summed E-state index contributed by atoms with van der Waals surface area (Å²) in [6.45, 7) is 1.81. The molecule has 1 aliphatic carbocycles. The van der Waals surface area contributed by atoms with E-state index < -0.39 is 11.7 Å². The zero-order valence-corrected chi connectivity index (χ0v) is 10.3. The summed E-state index contributed by atoms with van der Waals surface area (Å²) in [7, 11) is 0. The van der Waals surface area contributed by atoms with Crippen LogP contribution in [0.25, 0.3) is 11.2 Å². The number of aryl methyl sites for hydroxylation is 1. The van der Waals surface area contributed by atoms with Crippen LogP contribution in [0.3, 0.4) is 0 Å². The minimum Gasteiger partial charge on any atom is -0.329 e. The number of aromatic amines is 1. The first kappa shape index (κ1) is 11.7. The summed E-state index contributed by atoms with van der Waals surface area (Å²) >= 11 is 5.04. The molecule has 3 rings (SSSR count). The summed E-state index contributed by atoms with van der Waals surface area (Å²) in [4.78, 5) is 6.88. The molecule has 0 amide bonds. The molecular weight excluding hydrogens is 263 g/mol. The highest BCUT2D eigenvalue weighted by atomic mass is 32.1. The van der Waals surface area contributed by atoms with Crippen molar-refractivity contribution in [1.29, 1.82) is 0 Å². The van der Waals surface area contributed by atoms with Crippen molar-refractivity contribution in [2.24, 2.45) is 0 Å². The fourth-order valence-corrected chi connectivity index (χ4v) is 2.64. The van der Waals surface area contributed by atoms with Gasteiger partial charge < -0.3 is 4.98 Å². The number of fused-ring (bicyclic) bond motifs is 1. The van der Waals surface area contributed by atoms with Crippen molar-refractivity contribution in [2.75, 3.05) is 0 Å². The van der Waals surface area contributed by atoms with Gasteiger partial charge in [-0.25, -0.2) is 4.98 Å². The Kier molecular flexibility index (Phi) is 2.17. The van der Waals surface area contributed by atoms with Crippen LogP contribution in [0.1, 0.15) is 18.4 Å². The third kappa shape index (κ3) is 1.36. The molecule has 96 valence electrons. The van der Waals surface area contributed by atoms with E-state index in [1.165, 1.54) is 6.20 Å². The SMILES string of the molecule is Cc1ccnc2c1[nH]c(=S)n2C1(C(F)(F)F)CC1. The van der Waals surface area contributed by atoms with Crippen LogP contribution in [0.5, 0.6) is 0 Å². The molecule has 3 nitrogen and oxygen atoms in total. The fourth-order valence-electron chi connectivity index (χ4n) is 2.28. The van der Waals surface area contributed by atoms with Gasteiger partial charge in [-0.1, -0.05) is 0 Å². The molecule has 2 aromatic heterocycles. The van der Waals surface area contributed by atoms with E-state index in [4.69, 9.17) is 12.2 Å². The van der Waals surface area contributed by atoms with Gasteiger partial charge in [0.15, 0.2) is 10.4 Å². The van der Waals surface area contributed by atoms with Crippen molar-refractivity contribution in [3.8, 4) is 0 Å². The van der Waals surface area contributed by atoms with Gasteiger partial charge in [0.05, 0.1) is 5.52 Å². The first-order chi connectivity index (χ1) is 8.37. The largest absolute Gasteiger partial charge is 0.412 e. The van der Waals surface area contributed by atoms with Crippen LogP contribution in [0.4, 0.5) is 13.2 Å². The number of rotatable bonds is 1. The topological polar surface area (TPSA) is 33.6 Å². The van der Waals surface area contributed by atoms with Crippen LogP contribution in [0.2, 0.25) is 0 Å². The van der Waals surface area contributed by atoms with E-state index >= 15 is 0 Å². The van der Waals surface area contributed by atoms with Gasteiger partial charge in [-0.05, 0) is 43.6 Å². The van der Waals surface area contributed by atoms with Crippen LogP contribution in [0, 0.1) is 11.7 Å². The Hall–Kier alpha value is -1.37. The average molecular weight is 273 g/mol. The molecule has 2 aromatic rings. The highest BCUT2D eigenvalue weighted by Gasteiger charge is 2.65. The van der Waals surface area contributed by atoms with E-state index in [1.54, 1.807) is 6.07 Å². The molecule has 1 N–H and O–H groups in total. The number of imidazole rings is 1. The Morgan fingerprint density at radius 1 is 1.44 bits per heavy atom. The number of hydrogen-bond donors (Lipinski definition) is 1. The minimum atomic E-state index is -4.30. The third-order valence-electron chi connectivity index (χ3n) is 3.47. The normalized spacial score (nSPS) is 18.2. The van der Waals surface area contributed by atoms with Crippen LogP contribution in [-0.2, 0) is 5.54 Å². The summed E-state index contributed by atoms with van der Waals surface area (Å²) < 4.78 is 40.7. The van der Waals surface area contributed by atoms with E-state index in [1.807, 2.05) is 6.92 Å². The smallest absolute Gasteiger partial charge is 0.329 e. The lowest BCUT2D eigenvalue weighted by molar-refractivity contribution is -0.179. The summed E-state index contributed by atoms with van der Waals surface area (Å²) in [5.41, 5.74) is -0.154. The number of halogens is 3. The Balaban J connectivity index is 2.35. The number of nitrogens with one attached hydrogen (secondary N) is 1. The number of hydrogen-bond acceptors (Lipinski definition) is 2. The first-order valence-corrected chi connectivity index (χ1v) is 5.91. The monoisotopic (exact) mass is 273 g/mol. The Morgan fingerprint density at radius 3 is 2.67 bits per heavy atom. The standard InChI is InChI=1S/C11H10F3N3S/c1-6-2-5-15-8-7(6)16-9(18)17(8)10(3-4-10)11(12,13)14/h2,5H,3-4H2,1H3,(H,16,18). The second kappa shape index (κ2) is 3.34. The number of alkyl halides is 3. The van der Waals surface area contributed by atoms with Crippen LogP contribution < -0.4 is 0 Å². The minimum absolute atomic E-state index is 0.0629. The maximum atomic E-state index is 13.2. The summed E-state index contributed by atoms with van der Waals surface area (Å²) in [6, 6.07) is 1.74. The fraction of sp³-hybridized carbons (Fsp3) is 0.455. The van der Waals surface area contributed by atoms with E-state index in [0.29, 0.717) is 5.52 Å². The van der Waals surface area contributed by atoms with Crippen molar-refractivity contribution in [3.05, 3.63) is 22.6 Å². The first-order valence-electron chi connectivity index (χ1n) is 5.50. The molecule has 18 heavy (non-hydrogen) atoms. The van der Waals surface area contributed by atoms with Crippen molar-refractivity contribution in [3.63, 3.8) is 0 Å². The van der Waals surface area contributed by atoms with Crippen molar-refractivity contribution >= 4 is 23.4 Å². The van der Waals surface area contributed by atoms with E-state index in [-0.39, 0.29) is 23.3 Å². The van der Waals surface area contributed by atoms with Crippen molar-refractivity contribution in [2.45, 2.75) is 31.5 Å². The van der Waals surface area contributed by atoms with Gasteiger partial charge in [-0.15, -0.1) is 0 Å². The van der Waals surface area contributed by atoms with E-state index in [9.17, 15) is 13.2 Å². The van der Waals surface area contributed by atoms with Crippen LogP contribution >= 0.6 is 12.2 Å². The molecule has 0 unspecified atom stereocenters. The molecule has 1 fully saturated rings. The quantitative estimate of drug-likeness (QED) is 0.807. The van der Waals surface area contributed by atoms with E-state index in [0.717, 1.165) is 10.1 Å². The molecule has 0 radical (unpaired) electrons. The van der Waals surface area contributed by atoms with Gasteiger partial charge in [0.2, 0.25) is 0 Å². The summed E-state index contributed by atoms with van der Waals surface area (Å²) in [5.74, 6) is 0. The predicted molar refractivity (Wildman–Crippen MR) is 62.9 cm³/mol. The lowest BCUT2D eigenvalue weighted by Gasteiger charge is -2.21. The molecule has 0 aromatic carbocycles. The number of H-pyrrole nitrogens is 1. The second-order valence-corrected chi connectivity index (χ2v) is 5.01. The van der Waals surface area contributed by atoms with Crippen molar-refractivity contribution < 1.29 is 13.2 Å². The van der Waals surface area contributed by atoms with Gasteiger partial charge >= 0.3 is 6.18 Å². The van der Waals surface area contributed by atoms with Gasteiger partial charge in [-0.2, -0.15) is 13.2 Å². The summed E-state index contributed by atoms with van der Waals surface area (Å²) in [6.07, 6.45) is -2.67. The van der Waals surface area contributed by atoms with Crippen molar-refractivity contribution in [1.82, 2.24) is 14.5 Å². The number of nitrogens with zero attached hydrogens (tertiary/aromatic N) is 2. The molecule has 7 heteroatoms. The van der Waals surface area contributed by atoms with Gasteiger partial charge in [0.1, 0.15) is 5.54 Å². The Morgan fingerprint density at radius 2 is 2.11 bits per heavy atom. The molecule has 0 bridgehead atoms. The highest BCUT2D eigenvalue weighted by Crippen LogP contribution is 2.56. The second-order valence-electron chi connectivity index (χ2n) is 4.62. The van der Waals surface area contributed by atoms with Gasteiger partial charge in [-0.3, -0.25) is 4.57 Å². The van der Waals surface area contributed by atoms with E-state index in [2.05, 4.69) is 9.97 Å². The maximum absolute atomic E-state index is 13.2. The maximum Gasteiger partial charge on any atom is 0.412 e.